The zero-order valence-corrected chi connectivity index (χ0v) is 10.7. The highest BCUT2D eigenvalue weighted by molar-refractivity contribution is 7.95. The van der Waals surface area contributed by atoms with Crippen LogP contribution >= 0.6 is 0 Å². The van der Waals surface area contributed by atoms with Crippen molar-refractivity contribution < 1.29 is 8.42 Å². The van der Waals surface area contributed by atoms with Crippen LogP contribution in [0.5, 0.6) is 0 Å². The maximum atomic E-state index is 12.1. The van der Waals surface area contributed by atoms with E-state index in [-0.39, 0.29) is 5.25 Å². The van der Waals surface area contributed by atoms with Crippen molar-refractivity contribution in [1.82, 2.24) is 0 Å². The summed E-state index contributed by atoms with van der Waals surface area (Å²) < 4.78 is 24.1. The smallest absolute Gasteiger partial charge is 0.174 e. The highest BCUT2D eigenvalue weighted by atomic mass is 32.2. The Labute approximate surface area is 103 Å². The first-order valence-electron chi connectivity index (χ1n) is 6.15. The second kappa shape index (κ2) is 5.50. The van der Waals surface area contributed by atoms with E-state index in [0.717, 1.165) is 31.2 Å². The molecule has 0 heterocycles. The average molecular weight is 250 g/mol. The molecule has 2 nitrogen and oxygen atoms in total. The van der Waals surface area contributed by atoms with Gasteiger partial charge >= 0.3 is 0 Å². The molecule has 0 bridgehead atoms. The van der Waals surface area contributed by atoms with Gasteiger partial charge in [0.05, 0.1) is 5.25 Å². The lowest BCUT2D eigenvalue weighted by Gasteiger charge is -2.19. The molecule has 1 aromatic rings. The molecule has 0 unspecified atom stereocenters. The molecule has 3 heteroatoms. The van der Waals surface area contributed by atoms with E-state index in [1.165, 1.54) is 11.8 Å². The Balaban J connectivity index is 2.09. The minimum atomic E-state index is -3.06. The van der Waals surface area contributed by atoms with Crippen LogP contribution < -0.4 is 0 Å². The van der Waals surface area contributed by atoms with Gasteiger partial charge in [0.15, 0.2) is 9.84 Å². The molecule has 0 amide bonds. The van der Waals surface area contributed by atoms with E-state index in [1.54, 1.807) is 6.08 Å². The summed E-state index contributed by atoms with van der Waals surface area (Å²) in [5.74, 6) is 0. The summed E-state index contributed by atoms with van der Waals surface area (Å²) in [6.45, 7) is 0. The van der Waals surface area contributed by atoms with Crippen LogP contribution in [0.25, 0.3) is 6.08 Å². The van der Waals surface area contributed by atoms with Crippen LogP contribution in [0.1, 0.15) is 37.7 Å². The summed E-state index contributed by atoms with van der Waals surface area (Å²) in [6.07, 6.45) is 6.60. The van der Waals surface area contributed by atoms with Gasteiger partial charge in [0.2, 0.25) is 0 Å². The Kier molecular flexibility index (Phi) is 4.00. The van der Waals surface area contributed by atoms with Crippen LogP contribution in [0, 0.1) is 0 Å². The van der Waals surface area contributed by atoms with Gasteiger partial charge in [-0.1, -0.05) is 49.6 Å². The molecule has 1 aliphatic rings. The number of sulfone groups is 1. The highest BCUT2D eigenvalue weighted by Gasteiger charge is 2.24. The van der Waals surface area contributed by atoms with Crippen molar-refractivity contribution in [2.75, 3.05) is 0 Å². The minimum absolute atomic E-state index is 0.156. The van der Waals surface area contributed by atoms with Crippen LogP contribution in [0.4, 0.5) is 0 Å². The summed E-state index contributed by atoms with van der Waals surface area (Å²) in [5.41, 5.74) is 0.937. The second-order valence-electron chi connectivity index (χ2n) is 4.56. The number of hydrogen-bond acceptors (Lipinski definition) is 2. The molecule has 1 fully saturated rings. The molecule has 1 aliphatic carbocycles. The first-order valence-corrected chi connectivity index (χ1v) is 7.76. The van der Waals surface area contributed by atoms with Crippen molar-refractivity contribution in [2.45, 2.75) is 37.4 Å². The fraction of sp³-hybridized carbons (Fsp3) is 0.429. The van der Waals surface area contributed by atoms with Crippen molar-refractivity contribution in [1.29, 1.82) is 0 Å². The SMILES string of the molecule is O=S(=O)(C=Cc1ccccc1)C1CCCCC1. The fourth-order valence-corrected chi connectivity index (χ4v) is 3.80. The van der Waals surface area contributed by atoms with E-state index in [0.29, 0.717) is 0 Å². The maximum absolute atomic E-state index is 12.1. The number of hydrogen-bond donors (Lipinski definition) is 0. The molecule has 1 saturated carbocycles. The third kappa shape index (κ3) is 3.43. The van der Waals surface area contributed by atoms with Gasteiger partial charge in [0.25, 0.3) is 0 Å². The molecule has 2 rings (SSSR count). The monoisotopic (exact) mass is 250 g/mol. The normalized spacial score (nSPS) is 18.6. The van der Waals surface area contributed by atoms with Crippen LogP contribution in [-0.2, 0) is 9.84 Å². The largest absolute Gasteiger partial charge is 0.224 e. The topological polar surface area (TPSA) is 34.1 Å². The molecule has 0 radical (unpaired) electrons. The van der Waals surface area contributed by atoms with Gasteiger partial charge < -0.3 is 0 Å². The van der Waals surface area contributed by atoms with Gasteiger partial charge in [0.1, 0.15) is 0 Å². The second-order valence-corrected chi connectivity index (χ2v) is 6.68. The number of benzene rings is 1. The van der Waals surface area contributed by atoms with Crippen molar-refractivity contribution in [3.05, 3.63) is 41.3 Å². The standard InChI is InChI=1S/C14H18O2S/c15-17(16,14-9-5-2-6-10-14)12-11-13-7-3-1-4-8-13/h1,3-4,7-8,11-12,14H,2,5-6,9-10H2. The molecule has 0 atom stereocenters. The predicted octanol–water partition coefficient (Wildman–Crippen LogP) is 3.40. The molecule has 0 saturated heterocycles. The van der Waals surface area contributed by atoms with Crippen molar-refractivity contribution in [3.8, 4) is 0 Å². The van der Waals surface area contributed by atoms with Crippen LogP contribution in [-0.4, -0.2) is 13.7 Å². The Morgan fingerprint density at radius 2 is 1.65 bits per heavy atom. The van der Waals surface area contributed by atoms with E-state index < -0.39 is 9.84 Å². The van der Waals surface area contributed by atoms with E-state index in [1.807, 2.05) is 30.3 Å². The van der Waals surface area contributed by atoms with Gasteiger partial charge in [-0.25, -0.2) is 8.42 Å². The van der Waals surface area contributed by atoms with Crippen molar-refractivity contribution >= 4 is 15.9 Å². The maximum Gasteiger partial charge on any atom is 0.174 e. The zero-order chi connectivity index (χ0) is 12.1. The molecular weight excluding hydrogens is 232 g/mol. The Bertz CT molecular complexity index is 468. The first kappa shape index (κ1) is 12.4. The number of rotatable bonds is 3. The van der Waals surface area contributed by atoms with Gasteiger partial charge in [-0.05, 0) is 24.5 Å². The van der Waals surface area contributed by atoms with Crippen molar-refractivity contribution in [2.24, 2.45) is 0 Å². The van der Waals surface area contributed by atoms with E-state index in [4.69, 9.17) is 0 Å². The summed E-state index contributed by atoms with van der Waals surface area (Å²) in [4.78, 5) is 0. The summed E-state index contributed by atoms with van der Waals surface area (Å²) in [6, 6.07) is 9.56. The van der Waals surface area contributed by atoms with Gasteiger partial charge in [-0.3, -0.25) is 0 Å². The zero-order valence-electron chi connectivity index (χ0n) is 9.88. The third-order valence-corrected chi connectivity index (χ3v) is 5.18. The molecule has 1 aromatic carbocycles. The summed E-state index contributed by atoms with van der Waals surface area (Å²) in [7, 11) is -3.06. The summed E-state index contributed by atoms with van der Waals surface area (Å²) in [5, 5.41) is 1.23. The molecule has 0 N–H and O–H groups in total. The van der Waals surface area contributed by atoms with Gasteiger partial charge in [-0.15, -0.1) is 0 Å². The van der Waals surface area contributed by atoms with Crippen LogP contribution in [0.3, 0.4) is 0 Å². The fourth-order valence-electron chi connectivity index (χ4n) is 2.24. The molecular formula is C14H18O2S. The Morgan fingerprint density at radius 1 is 1.00 bits per heavy atom. The average Bonchev–Trinajstić information content (AvgIpc) is 2.39. The molecule has 0 aliphatic heterocycles. The molecule has 17 heavy (non-hydrogen) atoms. The molecule has 0 aromatic heterocycles. The highest BCUT2D eigenvalue weighted by Crippen LogP contribution is 2.25. The predicted molar refractivity (Wildman–Crippen MR) is 71.3 cm³/mol. The lowest BCUT2D eigenvalue weighted by Crippen LogP contribution is -2.21. The Hall–Kier alpha value is -1.09. The van der Waals surface area contributed by atoms with E-state index in [9.17, 15) is 8.42 Å². The lowest BCUT2D eigenvalue weighted by molar-refractivity contribution is 0.488. The lowest BCUT2D eigenvalue weighted by atomic mass is 10.0. The Morgan fingerprint density at radius 3 is 2.29 bits per heavy atom. The summed E-state index contributed by atoms with van der Waals surface area (Å²) >= 11 is 0. The quantitative estimate of drug-likeness (QED) is 0.824. The first-order chi connectivity index (χ1) is 8.18. The van der Waals surface area contributed by atoms with Gasteiger partial charge in [0, 0.05) is 5.41 Å². The molecule has 0 spiro atoms. The van der Waals surface area contributed by atoms with Crippen LogP contribution in [0.2, 0.25) is 0 Å². The van der Waals surface area contributed by atoms with Crippen molar-refractivity contribution in [3.63, 3.8) is 0 Å². The van der Waals surface area contributed by atoms with E-state index in [2.05, 4.69) is 0 Å². The van der Waals surface area contributed by atoms with Crippen LogP contribution in [0.15, 0.2) is 35.7 Å². The van der Waals surface area contributed by atoms with E-state index >= 15 is 0 Å². The minimum Gasteiger partial charge on any atom is -0.224 e. The molecule has 92 valence electrons. The third-order valence-electron chi connectivity index (χ3n) is 3.27. The van der Waals surface area contributed by atoms with Gasteiger partial charge in [-0.2, -0.15) is 0 Å².